The fourth-order valence-corrected chi connectivity index (χ4v) is 10.2. The average molecular weight is 622 g/mol. The molecule has 2 bridgehead atoms. The average Bonchev–Trinajstić information content (AvgIpc) is 3.58. The van der Waals surface area contributed by atoms with E-state index >= 15 is 0 Å². The number of para-hydroxylation sites is 1. The molecule has 43 heavy (non-hydrogen) atoms. The van der Waals surface area contributed by atoms with Crippen LogP contribution in [0.25, 0.3) is 0 Å². The van der Waals surface area contributed by atoms with E-state index in [2.05, 4.69) is 20.1 Å². The summed E-state index contributed by atoms with van der Waals surface area (Å²) in [5.41, 5.74) is 2.44. The highest BCUT2D eigenvalue weighted by Crippen LogP contribution is 2.69. The lowest BCUT2D eigenvalue weighted by atomic mass is 9.65. The number of amides is 3. The number of nitrogens with zero attached hydrogens (tertiary/aromatic N) is 3. The van der Waals surface area contributed by atoms with Gasteiger partial charge in [-0.05, 0) is 42.9 Å². The Morgan fingerprint density at radius 2 is 1.84 bits per heavy atom. The largest absolute Gasteiger partial charge is 0.396 e. The predicted octanol–water partition coefficient (Wildman–Crippen LogP) is 5.10. The van der Waals surface area contributed by atoms with Gasteiger partial charge in [-0.25, -0.2) is 0 Å². The molecule has 6 atom stereocenters. The molecule has 0 radical (unpaired) electrons. The molecule has 3 aliphatic heterocycles. The highest BCUT2D eigenvalue weighted by molar-refractivity contribution is 8.02. The van der Waals surface area contributed by atoms with E-state index in [1.165, 1.54) is 0 Å². The number of hydrogen-bond donors (Lipinski definition) is 1. The number of likely N-dealkylation sites (tertiary alicyclic amines) is 1. The lowest BCUT2D eigenvalue weighted by molar-refractivity contribution is -0.144. The Balaban J connectivity index is 1.57. The van der Waals surface area contributed by atoms with Crippen LogP contribution in [0.1, 0.15) is 30.9 Å². The Hall–Kier alpha value is -3.07. The maximum absolute atomic E-state index is 14.8. The minimum absolute atomic E-state index is 0.0217. The van der Waals surface area contributed by atoms with Gasteiger partial charge < -0.3 is 19.8 Å². The van der Waals surface area contributed by atoms with Gasteiger partial charge in [0.15, 0.2) is 0 Å². The van der Waals surface area contributed by atoms with Crippen molar-refractivity contribution in [1.29, 1.82) is 0 Å². The van der Waals surface area contributed by atoms with E-state index in [1.807, 2.05) is 49.4 Å². The van der Waals surface area contributed by atoms with E-state index in [0.29, 0.717) is 30.2 Å². The Bertz CT molecular complexity index is 1380. The third kappa shape index (κ3) is 5.32. The molecule has 3 unspecified atom stereocenters. The number of aryl methyl sites for hydroxylation is 1. The van der Waals surface area contributed by atoms with Crippen molar-refractivity contribution < 1.29 is 19.5 Å². The summed E-state index contributed by atoms with van der Waals surface area (Å²) in [5, 5.41) is 10.1. The summed E-state index contributed by atoms with van der Waals surface area (Å²) in [6.45, 7) is 12.9. The second-order valence-electron chi connectivity index (χ2n) is 11.8. The van der Waals surface area contributed by atoms with Crippen molar-refractivity contribution in [3.63, 3.8) is 0 Å². The van der Waals surface area contributed by atoms with E-state index < -0.39 is 22.6 Å². The van der Waals surface area contributed by atoms with Gasteiger partial charge in [0.1, 0.15) is 6.04 Å². The van der Waals surface area contributed by atoms with Crippen LogP contribution in [-0.4, -0.2) is 74.9 Å². The van der Waals surface area contributed by atoms with E-state index in [4.69, 9.17) is 11.6 Å². The molecule has 9 heteroatoms. The van der Waals surface area contributed by atoms with Gasteiger partial charge in [-0.2, -0.15) is 0 Å². The van der Waals surface area contributed by atoms with Gasteiger partial charge in [0.2, 0.25) is 11.8 Å². The minimum atomic E-state index is -0.808. The molecule has 7 nitrogen and oxygen atoms in total. The molecule has 1 N–H and O–H groups in total. The zero-order chi connectivity index (χ0) is 30.9. The SMILES string of the molecule is C=CCN(Cc1ccccc1)C(=O)[C@@H]1[C@@H]2CC(C)C3(S2)C(C(=O)N(CC=C)c2c(C)cccc2Cl)N(CCCO)C(=O)[C@H]13. The smallest absolute Gasteiger partial charge is 0.251 e. The van der Waals surface area contributed by atoms with E-state index in [9.17, 15) is 19.5 Å². The molecule has 5 rings (SSSR count). The summed E-state index contributed by atoms with van der Waals surface area (Å²) >= 11 is 8.31. The van der Waals surface area contributed by atoms with Crippen LogP contribution in [0, 0.1) is 24.7 Å². The summed E-state index contributed by atoms with van der Waals surface area (Å²) in [6, 6.07) is 14.5. The first-order chi connectivity index (χ1) is 20.7. The maximum Gasteiger partial charge on any atom is 0.251 e. The number of hydrogen-bond acceptors (Lipinski definition) is 5. The zero-order valence-electron chi connectivity index (χ0n) is 24.8. The molecule has 2 aromatic rings. The summed E-state index contributed by atoms with van der Waals surface area (Å²) in [7, 11) is 0. The van der Waals surface area contributed by atoms with Gasteiger partial charge in [0.25, 0.3) is 5.91 Å². The molecule has 0 aromatic heterocycles. The summed E-state index contributed by atoms with van der Waals surface area (Å²) in [6.07, 6.45) is 4.45. The first-order valence-electron chi connectivity index (χ1n) is 14.9. The summed E-state index contributed by atoms with van der Waals surface area (Å²) < 4.78 is -0.782. The second-order valence-corrected chi connectivity index (χ2v) is 13.8. The van der Waals surface area contributed by atoms with Crippen molar-refractivity contribution in [3.05, 3.63) is 90.0 Å². The number of carbonyl (C=O) groups is 3. The number of aliphatic hydroxyl groups excluding tert-OH is 1. The van der Waals surface area contributed by atoms with E-state index in [-0.39, 0.29) is 48.6 Å². The quantitative estimate of drug-likeness (QED) is 0.334. The normalized spacial score (nSPS) is 27.2. The Morgan fingerprint density at radius 3 is 2.49 bits per heavy atom. The molecule has 1 spiro atoms. The number of aliphatic hydroxyl groups is 1. The third-order valence-corrected chi connectivity index (χ3v) is 11.6. The maximum atomic E-state index is 14.8. The van der Waals surface area contributed by atoms with Crippen LogP contribution < -0.4 is 4.90 Å². The van der Waals surface area contributed by atoms with Gasteiger partial charge in [0, 0.05) is 38.0 Å². The fraction of sp³-hybridized carbons (Fsp3) is 0.441. The van der Waals surface area contributed by atoms with Gasteiger partial charge in [0.05, 0.1) is 27.3 Å². The van der Waals surface area contributed by atoms with Crippen LogP contribution in [0.15, 0.2) is 73.8 Å². The topological polar surface area (TPSA) is 81.2 Å². The van der Waals surface area contributed by atoms with Gasteiger partial charge >= 0.3 is 0 Å². The summed E-state index contributed by atoms with van der Waals surface area (Å²) in [4.78, 5) is 48.8. The number of benzene rings is 2. The monoisotopic (exact) mass is 621 g/mol. The molecule has 0 saturated carbocycles. The number of rotatable bonds is 12. The van der Waals surface area contributed by atoms with Gasteiger partial charge in [-0.15, -0.1) is 24.9 Å². The number of anilines is 1. The van der Waals surface area contributed by atoms with Crippen LogP contribution >= 0.6 is 23.4 Å². The molecule has 3 fully saturated rings. The van der Waals surface area contributed by atoms with E-state index in [0.717, 1.165) is 17.5 Å². The number of carbonyl (C=O) groups excluding carboxylic acids is 3. The molecular formula is C34H40ClN3O4S. The number of thioether (sulfide) groups is 1. The first-order valence-corrected chi connectivity index (χ1v) is 16.2. The van der Waals surface area contributed by atoms with Crippen LogP contribution in [0.4, 0.5) is 5.69 Å². The van der Waals surface area contributed by atoms with E-state index in [1.54, 1.807) is 44.7 Å². The zero-order valence-corrected chi connectivity index (χ0v) is 26.4. The standard InChI is InChI=1S/C34H40ClN3O4S/c1-5-16-36(21-24-13-8-7-9-14-24)31(40)27-26-20-23(4)34(43-26)28(27)32(41)38(18-11-19-39)30(34)33(42)37(17-6-2)29-22(3)12-10-15-25(29)35/h5-10,12-15,23,26-28,30,39H,1-2,11,16-21H2,3-4H3/t23?,26-,27+,28-,30?,34?/m0/s1. The Morgan fingerprint density at radius 1 is 1.12 bits per heavy atom. The highest BCUT2D eigenvalue weighted by atomic mass is 35.5. The lowest BCUT2D eigenvalue weighted by Gasteiger charge is -2.41. The minimum Gasteiger partial charge on any atom is -0.396 e. The van der Waals surface area contributed by atoms with Crippen molar-refractivity contribution >= 4 is 46.8 Å². The number of halogens is 1. The Labute approximate surface area is 263 Å². The molecule has 3 amide bonds. The van der Waals surface area contributed by atoms with Crippen molar-refractivity contribution in [2.45, 2.75) is 49.3 Å². The van der Waals surface area contributed by atoms with Crippen molar-refractivity contribution in [2.75, 3.05) is 31.1 Å². The summed E-state index contributed by atoms with van der Waals surface area (Å²) in [5.74, 6) is -1.67. The molecule has 3 heterocycles. The third-order valence-electron chi connectivity index (χ3n) is 9.24. The molecular weight excluding hydrogens is 582 g/mol. The van der Waals surface area contributed by atoms with Gasteiger partial charge in [-0.1, -0.05) is 73.1 Å². The molecule has 0 aliphatic carbocycles. The molecule has 3 aliphatic rings. The second kappa shape index (κ2) is 12.9. The molecule has 3 saturated heterocycles. The first kappa shape index (κ1) is 31.4. The molecule has 2 aromatic carbocycles. The highest BCUT2D eigenvalue weighted by Gasteiger charge is 2.76. The van der Waals surface area contributed by atoms with Crippen LogP contribution in [-0.2, 0) is 20.9 Å². The Kier molecular flexibility index (Phi) is 9.40. The molecule has 228 valence electrons. The number of fused-ring (bicyclic) bond motifs is 1. The van der Waals surface area contributed by atoms with Crippen molar-refractivity contribution in [3.8, 4) is 0 Å². The van der Waals surface area contributed by atoms with Gasteiger partial charge in [-0.3, -0.25) is 14.4 Å². The van der Waals surface area contributed by atoms with Crippen LogP contribution in [0.5, 0.6) is 0 Å². The van der Waals surface area contributed by atoms with Crippen LogP contribution in [0.3, 0.4) is 0 Å². The predicted molar refractivity (Wildman–Crippen MR) is 173 cm³/mol. The van der Waals surface area contributed by atoms with Crippen molar-refractivity contribution in [1.82, 2.24) is 9.80 Å². The lowest BCUT2D eigenvalue weighted by Crippen LogP contribution is -2.58. The van der Waals surface area contributed by atoms with Crippen LogP contribution in [0.2, 0.25) is 5.02 Å². The van der Waals surface area contributed by atoms with Crippen molar-refractivity contribution in [2.24, 2.45) is 17.8 Å². The fourth-order valence-electron chi connectivity index (χ4n) is 7.50.